The number of fused-ring (bicyclic) bond motifs is 1. The molecule has 2 aromatic carbocycles. The molecule has 1 amide bonds. The maximum absolute atomic E-state index is 13.4. The van der Waals surface area contributed by atoms with Gasteiger partial charge in [0.25, 0.3) is 11.6 Å². The number of carbonyl (C=O) groups excluding carboxylic acids is 1. The lowest BCUT2D eigenvalue weighted by Gasteiger charge is -2.24. The largest absolute Gasteiger partial charge is 0.416 e. The Kier molecular flexibility index (Phi) is 7.24. The number of halogens is 4. The topological polar surface area (TPSA) is 75.4 Å². The van der Waals surface area contributed by atoms with Gasteiger partial charge in [-0.1, -0.05) is 31.1 Å². The SMILES string of the molecule is CC(C)Cc1nc(N2CCCN(C(=O)c3ccc(F)cc3)CC2)c2c(-c3cccc(C(F)(F)F)c3)noc2n1. The third kappa shape index (κ3) is 5.71. The highest BCUT2D eigenvalue weighted by Crippen LogP contribution is 2.37. The molecule has 1 saturated heterocycles. The Bertz CT molecular complexity index is 1480. The smallest absolute Gasteiger partial charge is 0.354 e. The number of alkyl halides is 3. The van der Waals surface area contributed by atoms with E-state index in [4.69, 9.17) is 9.51 Å². The molecule has 0 aliphatic carbocycles. The fourth-order valence-electron chi connectivity index (χ4n) is 4.71. The second-order valence-corrected chi connectivity index (χ2v) is 9.99. The molecule has 11 heteroatoms. The van der Waals surface area contributed by atoms with Crippen molar-refractivity contribution in [2.45, 2.75) is 32.9 Å². The predicted molar refractivity (Wildman–Crippen MR) is 138 cm³/mol. The Hall–Kier alpha value is -4.02. The lowest BCUT2D eigenvalue weighted by atomic mass is 10.1. The van der Waals surface area contributed by atoms with Gasteiger partial charge in [0.1, 0.15) is 28.5 Å². The van der Waals surface area contributed by atoms with Crippen LogP contribution in [0, 0.1) is 11.7 Å². The zero-order valence-corrected chi connectivity index (χ0v) is 21.5. The highest BCUT2D eigenvalue weighted by atomic mass is 19.4. The third-order valence-corrected chi connectivity index (χ3v) is 6.59. The average Bonchev–Trinajstić information content (AvgIpc) is 3.16. The van der Waals surface area contributed by atoms with E-state index in [1.165, 1.54) is 30.3 Å². The van der Waals surface area contributed by atoms with E-state index in [0.717, 1.165) is 12.1 Å². The summed E-state index contributed by atoms with van der Waals surface area (Å²) in [5.74, 6) is 0.709. The minimum atomic E-state index is -4.51. The molecule has 7 nitrogen and oxygen atoms in total. The Morgan fingerprint density at radius 2 is 1.79 bits per heavy atom. The summed E-state index contributed by atoms with van der Waals surface area (Å²) in [4.78, 5) is 26.1. The van der Waals surface area contributed by atoms with E-state index >= 15 is 0 Å². The van der Waals surface area contributed by atoms with Gasteiger partial charge in [-0.3, -0.25) is 4.79 Å². The Morgan fingerprint density at radius 1 is 1.03 bits per heavy atom. The second-order valence-electron chi connectivity index (χ2n) is 9.99. The van der Waals surface area contributed by atoms with Crippen LogP contribution in [0.2, 0.25) is 0 Å². The lowest BCUT2D eigenvalue weighted by Crippen LogP contribution is -2.35. The Labute approximate surface area is 222 Å². The van der Waals surface area contributed by atoms with Crippen molar-refractivity contribution in [1.82, 2.24) is 20.0 Å². The average molecular weight is 542 g/mol. The van der Waals surface area contributed by atoms with Crippen LogP contribution in [0.25, 0.3) is 22.4 Å². The maximum atomic E-state index is 13.4. The first-order valence-corrected chi connectivity index (χ1v) is 12.7. The van der Waals surface area contributed by atoms with Gasteiger partial charge < -0.3 is 14.3 Å². The minimum absolute atomic E-state index is 0.195. The van der Waals surface area contributed by atoms with Gasteiger partial charge in [-0.15, -0.1) is 0 Å². The molecular weight excluding hydrogens is 514 g/mol. The fourth-order valence-corrected chi connectivity index (χ4v) is 4.71. The number of hydrogen-bond acceptors (Lipinski definition) is 6. The van der Waals surface area contributed by atoms with Crippen LogP contribution >= 0.6 is 0 Å². The molecular formula is C28H27F4N5O2. The first kappa shape index (κ1) is 26.6. The van der Waals surface area contributed by atoms with Crippen molar-refractivity contribution in [3.63, 3.8) is 0 Å². The molecule has 0 bridgehead atoms. The van der Waals surface area contributed by atoms with Gasteiger partial charge in [0.2, 0.25) is 0 Å². The van der Waals surface area contributed by atoms with Gasteiger partial charge in [-0.25, -0.2) is 9.37 Å². The fraction of sp³-hybridized carbons (Fsp3) is 0.357. The summed E-state index contributed by atoms with van der Waals surface area (Å²) in [5.41, 5.74) is 0.282. The number of aromatic nitrogens is 3. The molecule has 0 spiro atoms. The third-order valence-electron chi connectivity index (χ3n) is 6.59. The first-order chi connectivity index (χ1) is 18.6. The van der Waals surface area contributed by atoms with Gasteiger partial charge in [-0.05, 0) is 48.7 Å². The van der Waals surface area contributed by atoms with Gasteiger partial charge in [-0.2, -0.15) is 18.2 Å². The van der Waals surface area contributed by atoms with Crippen LogP contribution in [0.1, 0.15) is 42.0 Å². The minimum Gasteiger partial charge on any atom is -0.354 e. The zero-order chi connectivity index (χ0) is 27.7. The first-order valence-electron chi connectivity index (χ1n) is 12.7. The molecule has 39 heavy (non-hydrogen) atoms. The van der Waals surface area contributed by atoms with Gasteiger partial charge in [0.15, 0.2) is 0 Å². The van der Waals surface area contributed by atoms with Gasteiger partial charge in [0, 0.05) is 43.7 Å². The van der Waals surface area contributed by atoms with Crippen LogP contribution in [0.5, 0.6) is 0 Å². The second kappa shape index (κ2) is 10.6. The molecule has 0 saturated carbocycles. The molecule has 0 radical (unpaired) electrons. The van der Waals surface area contributed by atoms with Crippen molar-refractivity contribution in [2.75, 3.05) is 31.1 Å². The zero-order valence-electron chi connectivity index (χ0n) is 21.5. The number of amides is 1. The van der Waals surface area contributed by atoms with Crippen LogP contribution in [0.3, 0.4) is 0 Å². The van der Waals surface area contributed by atoms with E-state index in [2.05, 4.69) is 10.1 Å². The predicted octanol–water partition coefficient (Wildman–Crippen LogP) is 5.99. The highest BCUT2D eigenvalue weighted by molar-refractivity contribution is 5.98. The van der Waals surface area contributed by atoms with Crippen molar-refractivity contribution in [3.8, 4) is 11.3 Å². The van der Waals surface area contributed by atoms with Crippen LogP contribution in [0.4, 0.5) is 23.4 Å². The van der Waals surface area contributed by atoms with Crippen LogP contribution in [0.15, 0.2) is 53.1 Å². The van der Waals surface area contributed by atoms with Crippen LogP contribution in [-0.4, -0.2) is 52.1 Å². The summed E-state index contributed by atoms with van der Waals surface area (Å²) < 4.78 is 59.2. The number of anilines is 1. The summed E-state index contributed by atoms with van der Waals surface area (Å²) in [6.45, 7) is 5.91. The number of benzene rings is 2. The number of hydrogen-bond donors (Lipinski definition) is 0. The number of carbonyl (C=O) groups is 1. The summed E-state index contributed by atoms with van der Waals surface area (Å²) in [6, 6.07) is 10.4. The normalized spacial score (nSPS) is 14.7. The number of nitrogens with zero attached hydrogens (tertiary/aromatic N) is 5. The highest BCUT2D eigenvalue weighted by Gasteiger charge is 2.32. The lowest BCUT2D eigenvalue weighted by molar-refractivity contribution is -0.137. The summed E-state index contributed by atoms with van der Waals surface area (Å²) in [5, 5.41) is 4.54. The molecule has 204 valence electrons. The van der Waals surface area contributed by atoms with E-state index in [9.17, 15) is 22.4 Å². The van der Waals surface area contributed by atoms with E-state index in [0.29, 0.717) is 61.6 Å². The molecule has 0 unspecified atom stereocenters. The summed E-state index contributed by atoms with van der Waals surface area (Å²) >= 11 is 0. The molecule has 2 aromatic heterocycles. The van der Waals surface area contributed by atoms with Crippen LogP contribution in [-0.2, 0) is 12.6 Å². The van der Waals surface area contributed by atoms with Crippen molar-refractivity contribution < 1.29 is 26.9 Å². The summed E-state index contributed by atoms with van der Waals surface area (Å²) in [6.07, 6.45) is -3.31. The maximum Gasteiger partial charge on any atom is 0.416 e. The molecule has 4 aromatic rings. The van der Waals surface area contributed by atoms with Gasteiger partial charge in [0.05, 0.1) is 5.56 Å². The van der Waals surface area contributed by atoms with E-state index in [1.807, 2.05) is 18.7 Å². The molecule has 1 aliphatic heterocycles. The molecule has 3 heterocycles. The van der Waals surface area contributed by atoms with Crippen molar-refractivity contribution in [3.05, 3.63) is 71.3 Å². The molecule has 0 N–H and O–H groups in total. The monoisotopic (exact) mass is 541 g/mol. The van der Waals surface area contributed by atoms with Crippen LogP contribution < -0.4 is 4.90 Å². The Balaban J connectivity index is 1.52. The van der Waals surface area contributed by atoms with E-state index < -0.39 is 17.6 Å². The number of rotatable bonds is 5. The van der Waals surface area contributed by atoms with Crippen molar-refractivity contribution >= 4 is 22.8 Å². The van der Waals surface area contributed by atoms with E-state index in [-0.39, 0.29) is 28.8 Å². The van der Waals surface area contributed by atoms with Crippen molar-refractivity contribution in [2.24, 2.45) is 5.92 Å². The molecule has 0 atom stereocenters. The van der Waals surface area contributed by atoms with Crippen molar-refractivity contribution in [1.29, 1.82) is 0 Å². The molecule has 1 aliphatic rings. The van der Waals surface area contributed by atoms with E-state index in [1.54, 1.807) is 11.0 Å². The van der Waals surface area contributed by atoms with Gasteiger partial charge >= 0.3 is 6.18 Å². The Morgan fingerprint density at radius 3 is 2.51 bits per heavy atom. The molecule has 1 fully saturated rings. The standard InChI is InChI=1S/C28H27F4N5O2/c1-17(2)15-22-33-25(36-11-4-12-37(14-13-36)27(38)18-7-9-21(29)10-8-18)23-24(35-39-26(23)34-22)19-5-3-6-20(16-19)28(30,31)32/h3,5-10,16-17H,4,11-15H2,1-2H3. The quantitative estimate of drug-likeness (QED) is 0.289. The molecule has 5 rings (SSSR count). The summed E-state index contributed by atoms with van der Waals surface area (Å²) in [7, 11) is 0.